The van der Waals surface area contributed by atoms with E-state index in [1.165, 1.54) is 12.7 Å². The van der Waals surface area contributed by atoms with E-state index < -0.39 is 18.1 Å². The lowest BCUT2D eigenvalue weighted by Crippen LogP contribution is -2.45. The zero-order valence-corrected chi connectivity index (χ0v) is 21.5. The monoisotopic (exact) mass is 522 g/mol. The Morgan fingerprint density at radius 3 is 2.87 bits per heavy atom. The zero-order chi connectivity index (χ0) is 26.2. The van der Waals surface area contributed by atoms with Gasteiger partial charge in [0.1, 0.15) is 36.3 Å². The van der Waals surface area contributed by atoms with Crippen molar-refractivity contribution in [3.05, 3.63) is 36.8 Å². The number of alkyl halides is 1. The van der Waals surface area contributed by atoms with Crippen LogP contribution < -0.4 is 16.2 Å². The summed E-state index contributed by atoms with van der Waals surface area (Å²) >= 11 is 0. The highest BCUT2D eigenvalue weighted by Gasteiger charge is 2.40. The third-order valence-corrected chi connectivity index (χ3v) is 8.27. The lowest BCUT2D eigenvalue weighted by molar-refractivity contribution is -0.122. The molecule has 2 aromatic heterocycles. The van der Waals surface area contributed by atoms with Gasteiger partial charge in [0.05, 0.1) is 17.5 Å². The smallest absolute Gasteiger partial charge is 0.234 e. The fourth-order valence-electron chi connectivity index (χ4n) is 6.24. The maximum absolute atomic E-state index is 14.0. The minimum atomic E-state index is -0.992. The van der Waals surface area contributed by atoms with Gasteiger partial charge in [-0.2, -0.15) is 0 Å². The van der Waals surface area contributed by atoms with Crippen molar-refractivity contribution in [2.45, 2.75) is 62.9 Å². The number of halogens is 1. The number of nitrogens with two attached hydrogens (primary N) is 2. The lowest BCUT2D eigenvalue weighted by Gasteiger charge is -2.39. The Morgan fingerprint density at radius 2 is 2.08 bits per heavy atom. The number of fused-ring (bicyclic) bond motifs is 1. The van der Waals surface area contributed by atoms with Gasteiger partial charge >= 0.3 is 0 Å². The van der Waals surface area contributed by atoms with Crippen LogP contribution in [-0.4, -0.2) is 70.0 Å². The summed E-state index contributed by atoms with van der Waals surface area (Å²) in [6.07, 6.45) is 8.10. The molecule has 1 unspecified atom stereocenters. The van der Waals surface area contributed by atoms with Crippen molar-refractivity contribution in [3.8, 4) is 16.9 Å². The van der Waals surface area contributed by atoms with Gasteiger partial charge in [0.2, 0.25) is 5.91 Å². The predicted molar refractivity (Wildman–Crippen MR) is 142 cm³/mol. The fourth-order valence-corrected chi connectivity index (χ4v) is 6.24. The maximum Gasteiger partial charge on any atom is 0.234 e. The van der Waals surface area contributed by atoms with Crippen LogP contribution in [0.5, 0.6) is 5.75 Å². The second kappa shape index (κ2) is 10.5. The highest BCUT2D eigenvalue weighted by Crippen LogP contribution is 2.44. The molecule has 3 atom stereocenters. The number of carbonyl (C=O) groups excluding carboxylic acids is 1. The van der Waals surface area contributed by atoms with Crippen molar-refractivity contribution in [3.63, 3.8) is 0 Å². The van der Waals surface area contributed by atoms with Gasteiger partial charge in [0.15, 0.2) is 0 Å². The van der Waals surface area contributed by atoms with Crippen LogP contribution in [0.2, 0.25) is 0 Å². The molecule has 3 aromatic rings. The average molecular weight is 523 g/mol. The van der Waals surface area contributed by atoms with E-state index in [9.17, 15) is 9.18 Å². The van der Waals surface area contributed by atoms with E-state index >= 15 is 0 Å². The highest BCUT2D eigenvalue weighted by molar-refractivity contribution is 6.00. The van der Waals surface area contributed by atoms with Gasteiger partial charge in [-0.05, 0) is 55.7 Å². The largest absolute Gasteiger partial charge is 0.491 e. The molecular weight excluding hydrogens is 487 g/mol. The van der Waals surface area contributed by atoms with E-state index in [1.54, 1.807) is 0 Å². The topological polar surface area (TPSA) is 122 Å². The van der Waals surface area contributed by atoms with Crippen LogP contribution in [0.1, 0.15) is 44.6 Å². The molecule has 2 aliphatic heterocycles. The van der Waals surface area contributed by atoms with Crippen molar-refractivity contribution in [1.82, 2.24) is 19.4 Å². The number of nitrogens with zero attached hydrogens (tertiary/aromatic N) is 4. The van der Waals surface area contributed by atoms with Crippen LogP contribution in [0.25, 0.3) is 22.2 Å². The first-order valence-electron chi connectivity index (χ1n) is 13.6. The van der Waals surface area contributed by atoms with Crippen LogP contribution in [0, 0.1) is 5.92 Å². The number of nitrogen functional groups attached to an aromatic ring is 1. The first-order valence-corrected chi connectivity index (χ1v) is 13.6. The molecule has 38 heavy (non-hydrogen) atoms. The minimum Gasteiger partial charge on any atom is -0.491 e. The number of primary amides is 1. The summed E-state index contributed by atoms with van der Waals surface area (Å²) in [5.74, 6) is 1.16. The van der Waals surface area contributed by atoms with Crippen molar-refractivity contribution in [1.29, 1.82) is 0 Å². The Morgan fingerprint density at radius 1 is 1.21 bits per heavy atom. The molecule has 4 N–H and O–H groups in total. The molecule has 4 heterocycles. The normalized spacial score (nSPS) is 27.9. The molecule has 0 spiro atoms. The summed E-state index contributed by atoms with van der Waals surface area (Å²) in [7, 11) is 0. The number of rotatable bonds is 8. The van der Waals surface area contributed by atoms with E-state index in [4.69, 9.17) is 20.9 Å². The number of carbonyl (C=O) groups is 1. The number of amides is 1. The molecule has 2 saturated heterocycles. The third kappa shape index (κ3) is 4.94. The van der Waals surface area contributed by atoms with Crippen LogP contribution in [-0.2, 0) is 9.53 Å². The van der Waals surface area contributed by atoms with Gasteiger partial charge < -0.3 is 25.5 Å². The van der Waals surface area contributed by atoms with Crippen molar-refractivity contribution < 1.29 is 18.7 Å². The van der Waals surface area contributed by atoms with Gasteiger partial charge in [-0.15, -0.1) is 0 Å². The van der Waals surface area contributed by atoms with Gasteiger partial charge in [-0.1, -0.05) is 12.1 Å². The number of anilines is 1. The molecule has 1 aliphatic carbocycles. The molecule has 1 amide bonds. The van der Waals surface area contributed by atoms with Crippen LogP contribution in [0.4, 0.5) is 10.2 Å². The second-order valence-corrected chi connectivity index (χ2v) is 10.9. The van der Waals surface area contributed by atoms with Crippen LogP contribution >= 0.6 is 0 Å². The van der Waals surface area contributed by atoms with E-state index in [-0.39, 0.29) is 25.1 Å². The summed E-state index contributed by atoms with van der Waals surface area (Å²) in [5, 5.41) is 0.831. The maximum atomic E-state index is 14.0. The summed E-state index contributed by atoms with van der Waals surface area (Å²) < 4.78 is 28.0. The molecule has 6 rings (SSSR count). The quantitative estimate of drug-likeness (QED) is 0.465. The summed E-state index contributed by atoms with van der Waals surface area (Å²) in [4.78, 5) is 22.5. The molecule has 3 fully saturated rings. The predicted octanol–water partition coefficient (Wildman–Crippen LogP) is 3.48. The lowest BCUT2D eigenvalue weighted by atomic mass is 9.79. The Bertz CT molecular complexity index is 1300. The molecule has 0 bridgehead atoms. The number of hydrogen-bond acceptors (Lipinski definition) is 7. The van der Waals surface area contributed by atoms with E-state index in [0.717, 1.165) is 60.2 Å². The van der Waals surface area contributed by atoms with E-state index in [2.05, 4.69) is 20.7 Å². The van der Waals surface area contributed by atoms with Crippen molar-refractivity contribution >= 4 is 22.8 Å². The molecule has 1 saturated carbocycles. The number of benzene rings is 1. The Kier molecular flexibility index (Phi) is 6.92. The Labute approximate surface area is 221 Å². The highest BCUT2D eigenvalue weighted by atomic mass is 19.1. The SMILES string of the molecule is NC(=O)[C@@H]1C[C@H](F)CN1CC1CC(n2cc(-c3cccc(OCC4CCCCO4)c3)c3c(N)ncnc32)C1. The number of hydrogen-bond donors (Lipinski definition) is 2. The molecule has 3 aliphatic rings. The summed E-state index contributed by atoms with van der Waals surface area (Å²) in [6.45, 7) is 2.30. The standard InChI is InChI=1S/C28H35FN6O3/c29-19-11-24(27(31)36)34(13-19)12-17-8-20(9-17)35-14-23(25-26(30)32-16-33-28(25)35)18-4-3-6-21(10-18)38-15-22-5-1-2-7-37-22/h3-4,6,10,14,16-17,19-20,22,24H,1-2,5,7-9,11-13,15H2,(H2,31,36)(H2,30,32,33)/t17?,19-,20?,22?,24-/m0/s1. The van der Waals surface area contributed by atoms with E-state index in [1.807, 2.05) is 29.2 Å². The third-order valence-electron chi connectivity index (χ3n) is 8.27. The fraction of sp³-hybridized carbons (Fsp3) is 0.536. The van der Waals surface area contributed by atoms with E-state index in [0.29, 0.717) is 24.9 Å². The van der Waals surface area contributed by atoms with Crippen LogP contribution in [0.3, 0.4) is 0 Å². The minimum absolute atomic E-state index is 0.138. The molecule has 0 radical (unpaired) electrons. The van der Waals surface area contributed by atoms with Crippen LogP contribution in [0.15, 0.2) is 36.8 Å². The Hall–Kier alpha value is -3.24. The summed E-state index contributed by atoms with van der Waals surface area (Å²) in [5.41, 5.74) is 14.6. The second-order valence-electron chi connectivity index (χ2n) is 10.9. The molecule has 9 nitrogen and oxygen atoms in total. The number of ether oxygens (including phenoxy) is 2. The van der Waals surface area contributed by atoms with Gasteiger partial charge in [0, 0.05) is 43.9 Å². The molecule has 1 aromatic carbocycles. The molecule has 10 heteroatoms. The van der Waals surface area contributed by atoms with Gasteiger partial charge in [-0.3, -0.25) is 9.69 Å². The van der Waals surface area contributed by atoms with Crippen molar-refractivity contribution in [2.24, 2.45) is 11.7 Å². The average Bonchev–Trinajstić information content (AvgIpc) is 3.47. The van der Waals surface area contributed by atoms with Gasteiger partial charge in [-0.25, -0.2) is 14.4 Å². The van der Waals surface area contributed by atoms with Gasteiger partial charge in [0.25, 0.3) is 0 Å². The zero-order valence-electron chi connectivity index (χ0n) is 21.5. The Balaban J connectivity index is 1.19. The number of likely N-dealkylation sites (tertiary alicyclic amines) is 1. The summed E-state index contributed by atoms with van der Waals surface area (Å²) in [6, 6.07) is 7.76. The van der Waals surface area contributed by atoms with Crippen molar-refractivity contribution in [2.75, 3.05) is 32.0 Å². The number of aromatic nitrogens is 3. The molecule has 202 valence electrons. The first-order chi connectivity index (χ1) is 18.5. The molecular formula is C28H35FN6O3. The first kappa shape index (κ1) is 25.1.